The fraction of sp³-hybridized carbons (Fsp3) is 0.538. The topological polar surface area (TPSA) is 114 Å². The fourth-order valence-corrected chi connectivity index (χ4v) is 1.92. The molecule has 1 heterocycles. The van der Waals surface area contributed by atoms with Crippen LogP contribution in [0.2, 0.25) is 0 Å². The SMILES string of the molecule is Cn1cc([N+](=O)[O-])cc1C(=O)NCCCCCCC(=O)O. The van der Waals surface area contributed by atoms with Gasteiger partial charge in [-0.1, -0.05) is 12.8 Å². The smallest absolute Gasteiger partial charge is 0.303 e. The van der Waals surface area contributed by atoms with Gasteiger partial charge in [0.15, 0.2) is 0 Å². The Balaban J connectivity index is 2.28. The normalized spacial score (nSPS) is 10.3. The van der Waals surface area contributed by atoms with E-state index in [0.717, 1.165) is 19.3 Å². The predicted octanol–water partition coefficient (Wildman–Crippen LogP) is 1.70. The summed E-state index contributed by atoms with van der Waals surface area (Å²) in [6, 6.07) is 1.24. The quantitative estimate of drug-likeness (QED) is 0.409. The predicted molar refractivity (Wildman–Crippen MR) is 75.1 cm³/mol. The second kappa shape index (κ2) is 8.03. The Kier molecular flexibility index (Phi) is 6.38. The van der Waals surface area contributed by atoms with Gasteiger partial charge in [-0.2, -0.15) is 0 Å². The number of aliphatic carboxylic acids is 1. The molecule has 1 aromatic heterocycles. The minimum absolute atomic E-state index is 0.115. The minimum atomic E-state index is -0.798. The Labute approximate surface area is 121 Å². The van der Waals surface area contributed by atoms with Gasteiger partial charge in [-0.05, 0) is 12.8 Å². The number of unbranched alkanes of at least 4 members (excludes halogenated alkanes) is 3. The maximum atomic E-state index is 11.8. The van der Waals surface area contributed by atoms with E-state index in [2.05, 4.69) is 5.32 Å². The van der Waals surface area contributed by atoms with Gasteiger partial charge >= 0.3 is 5.97 Å². The number of carboxylic acid groups (broad SMARTS) is 1. The number of carboxylic acids is 1. The van der Waals surface area contributed by atoms with Gasteiger partial charge in [0.25, 0.3) is 11.6 Å². The lowest BCUT2D eigenvalue weighted by atomic mass is 10.1. The molecular weight excluding hydrogens is 278 g/mol. The zero-order valence-corrected chi connectivity index (χ0v) is 11.9. The van der Waals surface area contributed by atoms with E-state index in [1.54, 1.807) is 7.05 Å². The van der Waals surface area contributed by atoms with Crippen molar-refractivity contribution in [3.8, 4) is 0 Å². The van der Waals surface area contributed by atoms with Crippen LogP contribution in [0.15, 0.2) is 12.3 Å². The molecular formula is C13H19N3O5. The van der Waals surface area contributed by atoms with Gasteiger partial charge in [-0.15, -0.1) is 0 Å². The van der Waals surface area contributed by atoms with Crippen molar-refractivity contribution >= 4 is 17.6 Å². The fourth-order valence-electron chi connectivity index (χ4n) is 1.92. The summed E-state index contributed by atoms with van der Waals surface area (Å²) in [6.45, 7) is 0.463. The Morgan fingerprint density at radius 2 is 2.00 bits per heavy atom. The van der Waals surface area contributed by atoms with Crippen LogP contribution in [-0.2, 0) is 11.8 Å². The molecule has 0 aliphatic rings. The van der Waals surface area contributed by atoms with Crippen LogP contribution in [0, 0.1) is 10.1 Å². The van der Waals surface area contributed by atoms with Gasteiger partial charge in [-0.25, -0.2) is 0 Å². The minimum Gasteiger partial charge on any atom is -0.481 e. The molecule has 0 fully saturated rings. The third-order valence-corrected chi connectivity index (χ3v) is 3.04. The number of rotatable bonds is 9. The van der Waals surface area contributed by atoms with Crippen LogP contribution in [0.5, 0.6) is 0 Å². The molecule has 0 atom stereocenters. The standard InChI is InChI=1S/C13H19N3O5/c1-15-9-10(16(20)21)8-11(15)13(19)14-7-5-3-2-4-6-12(17)18/h8-9H,2-7H2,1H3,(H,14,19)(H,17,18). The molecule has 0 aliphatic carbocycles. The summed E-state index contributed by atoms with van der Waals surface area (Å²) in [5.41, 5.74) is 0.129. The average Bonchev–Trinajstić information content (AvgIpc) is 2.79. The van der Waals surface area contributed by atoms with E-state index in [0.29, 0.717) is 13.0 Å². The number of aromatic nitrogens is 1. The maximum Gasteiger partial charge on any atom is 0.303 e. The van der Waals surface area contributed by atoms with E-state index in [1.165, 1.54) is 16.8 Å². The summed E-state index contributed by atoms with van der Waals surface area (Å²) in [4.78, 5) is 32.2. The number of aryl methyl sites for hydroxylation is 1. The Bertz CT molecular complexity index is 524. The Hall–Kier alpha value is -2.38. The molecule has 21 heavy (non-hydrogen) atoms. The van der Waals surface area contributed by atoms with Gasteiger partial charge in [0.2, 0.25) is 0 Å². The van der Waals surface area contributed by atoms with Crippen LogP contribution in [0.3, 0.4) is 0 Å². The molecule has 8 nitrogen and oxygen atoms in total. The van der Waals surface area contributed by atoms with E-state index >= 15 is 0 Å². The van der Waals surface area contributed by atoms with Crippen LogP contribution in [0.25, 0.3) is 0 Å². The lowest BCUT2D eigenvalue weighted by Crippen LogP contribution is -2.26. The summed E-state index contributed by atoms with van der Waals surface area (Å²) >= 11 is 0. The first kappa shape index (κ1) is 16.7. The highest BCUT2D eigenvalue weighted by molar-refractivity contribution is 5.93. The first-order valence-corrected chi connectivity index (χ1v) is 6.72. The molecule has 0 unspecified atom stereocenters. The number of nitrogens with one attached hydrogen (secondary N) is 1. The average molecular weight is 297 g/mol. The van der Waals surface area contributed by atoms with Crippen molar-refractivity contribution in [1.29, 1.82) is 0 Å². The van der Waals surface area contributed by atoms with Crippen molar-refractivity contribution in [2.45, 2.75) is 32.1 Å². The van der Waals surface area contributed by atoms with Crippen molar-refractivity contribution in [3.63, 3.8) is 0 Å². The number of amides is 1. The number of nitrogens with zero attached hydrogens (tertiary/aromatic N) is 2. The highest BCUT2D eigenvalue weighted by atomic mass is 16.6. The van der Waals surface area contributed by atoms with Gasteiger partial charge in [-0.3, -0.25) is 19.7 Å². The summed E-state index contributed by atoms with van der Waals surface area (Å²) in [7, 11) is 1.58. The van der Waals surface area contributed by atoms with Crippen LogP contribution in [0.4, 0.5) is 5.69 Å². The molecule has 0 saturated carbocycles. The zero-order chi connectivity index (χ0) is 15.8. The van der Waals surface area contributed by atoms with Crippen molar-refractivity contribution < 1.29 is 19.6 Å². The lowest BCUT2D eigenvalue weighted by Gasteiger charge is -2.05. The van der Waals surface area contributed by atoms with Crippen LogP contribution >= 0.6 is 0 Å². The molecule has 1 amide bonds. The molecule has 0 aromatic carbocycles. The Morgan fingerprint density at radius 3 is 2.57 bits per heavy atom. The Morgan fingerprint density at radius 1 is 1.33 bits per heavy atom. The summed E-state index contributed by atoms with van der Waals surface area (Å²) < 4.78 is 1.42. The molecule has 0 bridgehead atoms. The number of carbonyl (C=O) groups is 2. The van der Waals surface area contributed by atoms with Crippen molar-refractivity contribution in [2.75, 3.05) is 6.54 Å². The lowest BCUT2D eigenvalue weighted by molar-refractivity contribution is -0.384. The maximum absolute atomic E-state index is 11.8. The van der Waals surface area contributed by atoms with E-state index in [-0.39, 0.29) is 23.7 Å². The molecule has 1 rings (SSSR count). The molecule has 1 aromatic rings. The molecule has 2 N–H and O–H groups in total. The second-order valence-electron chi connectivity index (χ2n) is 4.77. The molecule has 0 spiro atoms. The first-order chi connectivity index (χ1) is 9.91. The zero-order valence-electron chi connectivity index (χ0n) is 11.9. The van der Waals surface area contributed by atoms with Crippen molar-refractivity contribution in [2.24, 2.45) is 7.05 Å². The highest BCUT2D eigenvalue weighted by Crippen LogP contribution is 2.15. The summed E-state index contributed by atoms with van der Waals surface area (Å²) in [6.07, 6.45) is 4.48. The first-order valence-electron chi connectivity index (χ1n) is 6.72. The molecule has 116 valence electrons. The molecule has 8 heteroatoms. The summed E-state index contributed by atoms with van der Waals surface area (Å²) in [5, 5.41) is 21.8. The van der Waals surface area contributed by atoms with Gasteiger partial charge in [0.1, 0.15) is 5.69 Å². The van der Waals surface area contributed by atoms with Gasteiger partial charge in [0, 0.05) is 26.1 Å². The molecule has 0 saturated heterocycles. The molecule has 0 radical (unpaired) electrons. The van der Waals surface area contributed by atoms with Gasteiger partial charge in [0.05, 0.1) is 11.1 Å². The number of carbonyl (C=O) groups excluding carboxylic acids is 1. The van der Waals surface area contributed by atoms with Crippen molar-refractivity contribution in [3.05, 3.63) is 28.1 Å². The third-order valence-electron chi connectivity index (χ3n) is 3.04. The van der Waals surface area contributed by atoms with Crippen LogP contribution < -0.4 is 5.32 Å². The third kappa shape index (κ3) is 5.64. The number of hydrogen-bond donors (Lipinski definition) is 2. The summed E-state index contributed by atoms with van der Waals surface area (Å²) in [5.74, 6) is -1.15. The van der Waals surface area contributed by atoms with Gasteiger partial charge < -0.3 is 15.0 Å². The monoisotopic (exact) mass is 297 g/mol. The number of hydrogen-bond acceptors (Lipinski definition) is 4. The van der Waals surface area contributed by atoms with E-state index in [4.69, 9.17) is 5.11 Å². The van der Waals surface area contributed by atoms with Crippen LogP contribution in [-0.4, -0.2) is 33.0 Å². The van der Waals surface area contributed by atoms with E-state index in [1.807, 2.05) is 0 Å². The van der Waals surface area contributed by atoms with E-state index in [9.17, 15) is 19.7 Å². The highest BCUT2D eigenvalue weighted by Gasteiger charge is 2.16. The number of nitro groups is 1. The van der Waals surface area contributed by atoms with Crippen LogP contribution in [0.1, 0.15) is 42.6 Å². The molecule has 0 aliphatic heterocycles. The largest absolute Gasteiger partial charge is 0.481 e. The second-order valence-corrected chi connectivity index (χ2v) is 4.77. The van der Waals surface area contributed by atoms with Crippen molar-refractivity contribution in [1.82, 2.24) is 9.88 Å². The van der Waals surface area contributed by atoms with E-state index < -0.39 is 10.9 Å².